The van der Waals surface area contributed by atoms with Crippen molar-refractivity contribution in [1.29, 1.82) is 0 Å². The van der Waals surface area contributed by atoms with Crippen LogP contribution in [0, 0.1) is 0 Å². The second-order valence-electron chi connectivity index (χ2n) is 5.02. The number of hydrogen-bond acceptors (Lipinski definition) is 5. The smallest absolute Gasteiger partial charge is 0.359 e. The molecule has 1 heterocycles. The van der Waals surface area contributed by atoms with Gasteiger partial charge in [0.15, 0.2) is 11.8 Å². The largest absolute Gasteiger partial charge is 0.444 e. The maximum atomic E-state index is 12.8. The third kappa shape index (κ3) is 3.52. The summed E-state index contributed by atoms with van der Waals surface area (Å²) in [6.07, 6.45) is 3.12. The number of carbonyl (C=O) groups is 2. The Morgan fingerprint density at radius 3 is 2.17 bits per heavy atom. The predicted octanol–water partition coefficient (Wildman–Crippen LogP) is 3.26. The Hall–Kier alpha value is -3.34. The van der Waals surface area contributed by atoms with E-state index in [1.165, 1.54) is 18.6 Å². The van der Waals surface area contributed by atoms with Crippen molar-refractivity contribution in [2.75, 3.05) is 0 Å². The van der Waals surface area contributed by atoms with E-state index in [0.717, 1.165) is 0 Å². The van der Waals surface area contributed by atoms with E-state index < -0.39 is 12.1 Å². The van der Waals surface area contributed by atoms with Gasteiger partial charge in [-0.25, -0.2) is 9.78 Å². The number of hydrogen-bond donors (Lipinski definition) is 0. The van der Waals surface area contributed by atoms with Crippen molar-refractivity contribution in [3.63, 3.8) is 0 Å². The highest BCUT2D eigenvalue weighted by molar-refractivity contribution is 6.01. The number of Topliss-reactive ketones (excluding diaryl/α,β-unsaturated/α-hetero) is 1. The Morgan fingerprint density at radius 2 is 1.54 bits per heavy atom. The van der Waals surface area contributed by atoms with E-state index >= 15 is 0 Å². The van der Waals surface area contributed by atoms with Crippen LogP contribution in [0.5, 0.6) is 0 Å². The van der Waals surface area contributed by atoms with Crippen molar-refractivity contribution < 1.29 is 14.3 Å². The number of esters is 1. The van der Waals surface area contributed by atoms with Crippen LogP contribution in [0.4, 0.5) is 0 Å². The van der Waals surface area contributed by atoms with Gasteiger partial charge in [-0.05, 0) is 0 Å². The van der Waals surface area contributed by atoms with Crippen LogP contribution in [0.25, 0.3) is 0 Å². The number of rotatable bonds is 5. The quantitative estimate of drug-likeness (QED) is 0.533. The lowest BCUT2D eigenvalue weighted by Gasteiger charge is -2.17. The zero-order valence-electron chi connectivity index (χ0n) is 12.7. The Morgan fingerprint density at radius 1 is 0.875 bits per heavy atom. The third-order valence-corrected chi connectivity index (χ3v) is 3.40. The first kappa shape index (κ1) is 15.6. The van der Waals surface area contributed by atoms with E-state index in [0.29, 0.717) is 11.1 Å². The fourth-order valence-electron chi connectivity index (χ4n) is 2.23. The van der Waals surface area contributed by atoms with Gasteiger partial charge in [-0.2, -0.15) is 0 Å². The fraction of sp³-hybridized carbons (Fsp3) is 0.0526. The first-order chi connectivity index (χ1) is 11.8. The summed E-state index contributed by atoms with van der Waals surface area (Å²) in [7, 11) is 0. The number of benzene rings is 2. The summed E-state index contributed by atoms with van der Waals surface area (Å²) in [5.74, 6) is -0.986. The van der Waals surface area contributed by atoms with Gasteiger partial charge < -0.3 is 4.74 Å². The van der Waals surface area contributed by atoms with E-state index in [4.69, 9.17) is 4.74 Å². The van der Waals surface area contributed by atoms with E-state index in [2.05, 4.69) is 9.97 Å². The molecule has 0 spiro atoms. The third-order valence-electron chi connectivity index (χ3n) is 3.40. The zero-order valence-corrected chi connectivity index (χ0v) is 12.7. The van der Waals surface area contributed by atoms with Gasteiger partial charge >= 0.3 is 5.97 Å². The van der Waals surface area contributed by atoms with Gasteiger partial charge in [-0.3, -0.25) is 9.78 Å². The highest BCUT2D eigenvalue weighted by Crippen LogP contribution is 2.23. The summed E-state index contributed by atoms with van der Waals surface area (Å²) in [6, 6.07) is 17.6. The Balaban J connectivity index is 1.91. The van der Waals surface area contributed by atoms with Crippen molar-refractivity contribution in [2.45, 2.75) is 6.10 Å². The van der Waals surface area contributed by atoms with E-state index in [9.17, 15) is 9.59 Å². The van der Waals surface area contributed by atoms with Crippen molar-refractivity contribution in [3.8, 4) is 0 Å². The normalized spacial score (nSPS) is 11.5. The second-order valence-corrected chi connectivity index (χ2v) is 5.02. The van der Waals surface area contributed by atoms with Crippen molar-refractivity contribution in [2.24, 2.45) is 0 Å². The van der Waals surface area contributed by atoms with E-state index in [1.807, 2.05) is 12.1 Å². The van der Waals surface area contributed by atoms with Crippen LogP contribution in [-0.4, -0.2) is 21.7 Å². The van der Waals surface area contributed by atoms with Gasteiger partial charge in [0.05, 0.1) is 6.20 Å². The minimum atomic E-state index is -1.04. The van der Waals surface area contributed by atoms with Gasteiger partial charge in [-0.1, -0.05) is 60.7 Å². The SMILES string of the molecule is O=C(O[C@H](C(=O)c1ccccc1)c1ccccc1)c1cnccn1. The van der Waals surface area contributed by atoms with Crippen molar-refractivity contribution >= 4 is 11.8 Å². The van der Waals surface area contributed by atoms with Crippen LogP contribution in [0.15, 0.2) is 79.3 Å². The molecule has 3 rings (SSSR count). The maximum Gasteiger partial charge on any atom is 0.359 e. The lowest BCUT2D eigenvalue weighted by Crippen LogP contribution is -2.21. The summed E-state index contributed by atoms with van der Waals surface area (Å²) in [5.41, 5.74) is 1.13. The van der Waals surface area contributed by atoms with Gasteiger partial charge in [0.1, 0.15) is 0 Å². The molecule has 1 atom stereocenters. The van der Waals surface area contributed by atoms with E-state index in [1.54, 1.807) is 48.5 Å². The summed E-state index contributed by atoms with van der Waals surface area (Å²) >= 11 is 0. The maximum absolute atomic E-state index is 12.8. The molecule has 3 aromatic rings. The molecule has 0 aliphatic heterocycles. The average molecular weight is 318 g/mol. The lowest BCUT2D eigenvalue weighted by molar-refractivity contribution is 0.0274. The molecule has 118 valence electrons. The first-order valence-corrected chi connectivity index (χ1v) is 7.37. The monoisotopic (exact) mass is 318 g/mol. The van der Waals surface area contributed by atoms with Crippen LogP contribution in [-0.2, 0) is 4.74 Å². The summed E-state index contributed by atoms with van der Waals surface area (Å²) in [6.45, 7) is 0. The molecule has 0 bridgehead atoms. The Labute approximate surface area is 139 Å². The molecular formula is C19H14N2O3. The minimum Gasteiger partial charge on any atom is -0.444 e. The molecule has 0 saturated heterocycles. The molecule has 2 aromatic carbocycles. The molecule has 0 aliphatic carbocycles. The Bertz CT molecular complexity index is 821. The Kier molecular flexibility index (Phi) is 4.72. The molecule has 0 fully saturated rings. The van der Waals surface area contributed by atoms with Crippen LogP contribution >= 0.6 is 0 Å². The molecule has 0 saturated carbocycles. The average Bonchev–Trinajstić information content (AvgIpc) is 2.67. The van der Waals surface area contributed by atoms with Gasteiger partial charge in [0.25, 0.3) is 0 Å². The zero-order chi connectivity index (χ0) is 16.8. The molecule has 5 nitrogen and oxygen atoms in total. The highest BCUT2D eigenvalue weighted by atomic mass is 16.5. The topological polar surface area (TPSA) is 69.2 Å². The molecule has 0 unspecified atom stereocenters. The van der Waals surface area contributed by atoms with Crippen LogP contribution in [0.3, 0.4) is 0 Å². The highest BCUT2D eigenvalue weighted by Gasteiger charge is 2.27. The molecule has 0 N–H and O–H groups in total. The van der Waals surface area contributed by atoms with Crippen molar-refractivity contribution in [1.82, 2.24) is 9.97 Å². The second kappa shape index (κ2) is 7.28. The lowest BCUT2D eigenvalue weighted by atomic mass is 10.00. The molecule has 5 heteroatoms. The molecule has 24 heavy (non-hydrogen) atoms. The number of carbonyl (C=O) groups excluding carboxylic acids is 2. The number of aromatic nitrogens is 2. The van der Waals surface area contributed by atoms with Crippen LogP contribution in [0.2, 0.25) is 0 Å². The van der Waals surface area contributed by atoms with Gasteiger partial charge in [0, 0.05) is 23.5 Å². The summed E-state index contributed by atoms with van der Waals surface area (Å²) in [4.78, 5) is 32.8. The fourth-order valence-corrected chi connectivity index (χ4v) is 2.23. The van der Waals surface area contributed by atoms with Crippen molar-refractivity contribution in [3.05, 3.63) is 96.1 Å². The van der Waals surface area contributed by atoms with Crippen LogP contribution in [0.1, 0.15) is 32.5 Å². The number of nitrogens with zero attached hydrogens (tertiary/aromatic N) is 2. The van der Waals surface area contributed by atoms with Gasteiger partial charge in [-0.15, -0.1) is 0 Å². The molecule has 1 aromatic heterocycles. The molecule has 0 radical (unpaired) electrons. The summed E-state index contributed by atoms with van der Waals surface area (Å²) < 4.78 is 5.45. The molecule has 0 amide bonds. The predicted molar refractivity (Wildman–Crippen MR) is 87.4 cm³/mol. The number of ether oxygens (including phenoxy) is 1. The van der Waals surface area contributed by atoms with Crippen LogP contribution < -0.4 is 0 Å². The molecular weight excluding hydrogens is 304 g/mol. The van der Waals surface area contributed by atoms with E-state index in [-0.39, 0.29) is 11.5 Å². The summed E-state index contributed by atoms with van der Waals surface area (Å²) in [5, 5.41) is 0. The minimum absolute atomic E-state index is 0.0549. The molecule has 0 aliphatic rings. The van der Waals surface area contributed by atoms with Gasteiger partial charge in [0.2, 0.25) is 5.78 Å². The number of ketones is 1. The first-order valence-electron chi connectivity index (χ1n) is 7.37. The standard InChI is InChI=1S/C19H14N2O3/c22-17(14-7-3-1-4-8-14)18(15-9-5-2-6-10-15)24-19(23)16-13-20-11-12-21-16/h1-13,18H/t18-/m0/s1.